The molecular formula is C17H18ClN3O. The average Bonchev–Trinajstić information content (AvgIpc) is 2.97. The number of imidazole rings is 1. The first-order chi connectivity index (χ1) is 10.7. The van der Waals surface area contributed by atoms with Crippen LogP contribution in [0, 0.1) is 6.92 Å². The number of rotatable bonds is 5. The van der Waals surface area contributed by atoms with Crippen LogP contribution in [0.3, 0.4) is 0 Å². The van der Waals surface area contributed by atoms with Crippen LogP contribution in [0.1, 0.15) is 5.56 Å². The largest absolute Gasteiger partial charge is 0.390 e. The second-order valence-electron chi connectivity index (χ2n) is 5.31. The Bertz CT molecular complexity index is 751. The molecule has 3 aromatic rings. The SMILES string of the molecule is Cc1ccc(-c2cn3ccccc3n2)cc1NCC(O)CCl. The number of hydrogen-bond donors (Lipinski definition) is 2. The smallest absolute Gasteiger partial charge is 0.137 e. The van der Waals surface area contributed by atoms with Crippen molar-refractivity contribution in [3.63, 3.8) is 0 Å². The molecule has 0 aliphatic carbocycles. The van der Waals surface area contributed by atoms with Gasteiger partial charge in [-0.3, -0.25) is 0 Å². The van der Waals surface area contributed by atoms with E-state index in [1.165, 1.54) is 0 Å². The highest BCUT2D eigenvalue weighted by molar-refractivity contribution is 6.18. The summed E-state index contributed by atoms with van der Waals surface area (Å²) in [6.07, 6.45) is 3.44. The van der Waals surface area contributed by atoms with Crippen molar-refractivity contribution in [1.29, 1.82) is 0 Å². The summed E-state index contributed by atoms with van der Waals surface area (Å²) >= 11 is 5.63. The molecule has 3 rings (SSSR count). The van der Waals surface area contributed by atoms with Crippen molar-refractivity contribution in [2.75, 3.05) is 17.7 Å². The minimum atomic E-state index is -0.556. The number of nitrogens with one attached hydrogen (secondary N) is 1. The van der Waals surface area contributed by atoms with Gasteiger partial charge in [-0.05, 0) is 30.7 Å². The van der Waals surface area contributed by atoms with Gasteiger partial charge >= 0.3 is 0 Å². The van der Waals surface area contributed by atoms with Gasteiger partial charge in [0.05, 0.1) is 17.7 Å². The minimum Gasteiger partial charge on any atom is -0.390 e. The van der Waals surface area contributed by atoms with Crippen molar-refractivity contribution in [3.05, 3.63) is 54.4 Å². The van der Waals surface area contributed by atoms with Gasteiger partial charge in [0, 0.05) is 30.2 Å². The Morgan fingerprint density at radius 2 is 2.18 bits per heavy atom. The fourth-order valence-electron chi connectivity index (χ4n) is 2.33. The van der Waals surface area contributed by atoms with E-state index in [1.54, 1.807) is 0 Å². The number of halogens is 1. The molecule has 0 bridgehead atoms. The van der Waals surface area contributed by atoms with Crippen LogP contribution in [0.4, 0.5) is 5.69 Å². The highest BCUT2D eigenvalue weighted by Gasteiger charge is 2.08. The van der Waals surface area contributed by atoms with Gasteiger partial charge < -0.3 is 14.8 Å². The number of alkyl halides is 1. The zero-order valence-electron chi connectivity index (χ0n) is 12.3. The van der Waals surface area contributed by atoms with Crippen molar-refractivity contribution in [2.45, 2.75) is 13.0 Å². The summed E-state index contributed by atoms with van der Waals surface area (Å²) in [5.41, 5.74) is 4.99. The van der Waals surface area contributed by atoms with Gasteiger partial charge in [0.25, 0.3) is 0 Å². The molecule has 0 saturated carbocycles. The topological polar surface area (TPSA) is 49.6 Å². The molecule has 2 heterocycles. The summed E-state index contributed by atoms with van der Waals surface area (Å²) in [5, 5.41) is 12.8. The van der Waals surface area contributed by atoms with Crippen LogP contribution in [-0.4, -0.2) is 33.0 Å². The van der Waals surface area contributed by atoms with Gasteiger partial charge in [0.15, 0.2) is 0 Å². The second-order valence-corrected chi connectivity index (χ2v) is 5.62. The summed E-state index contributed by atoms with van der Waals surface area (Å²) < 4.78 is 2.00. The number of benzene rings is 1. The third kappa shape index (κ3) is 3.08. The van der Waals surface area contributed by atoms with Crippen molar-refractivity contribution in [2.24, 2.45) is 0 Å². The van der Waals surface area contributed by atoms with Crippen LogP contribution in [0.5, 0.6) is 0 Å². The molecular weight excluding hydrogens is 298 g/mol. The molecule has 0 amide bonds. The standard InChI is InChI=1S/C17H18ClN3O/c1-12-5-6-13(8-15(12)19-10-14(22)9-18)16-11-21-7-3-2-4-17(21)20-16/h2-8,11,14,19,22H,9-10H2,1H3. The Morgan fingerprint density at radius 1 is 1.32 bits per heavy atom. The van der Waals surface area contributed by atoms with Gasteiger partial charge in [-0.15, -0.1) is 11.6 Å². The zero-order chi connectivity index (χ0) is 15.5. The van der Waals surface area contributed by atoms with Crippen molar-refractivity contribution < 1.29 is 5.11 Å². The van der Waals surface area contributed by atoms with E-state index in [-0.39, 0.29) is 5.88 Å². The Labute approximate surface area is 134 Å². The summed E-state index contributed by atoms with van der Waals surface area (Å²) in [6.45, 7) is 2.46. The monoisotopic (exact) mass is 315 g/mol. The number of hydrogen-bond acceptors (Lipinski definition) is 3. The molecule has 0 fully saturated rings. The molecule has 22 heavy (non-hydrogen) atoms. The number of fused-ring (bicyclic) bond motifs is 1. The first-order valence-corrected chi connectivity index (χ1v) is 7.73. The lowest BCUT2D eigenvalue weighted by Gasteiger charge is -2.13. The van der Waals surface area contributed by atoms with E-state index in [0.717, 1.165) is 28.2 Å². The molecule has 114 valence electrons. The number of aryl methyl sites for hydroxylation is 1. The summed E-state index contributed by atoms with van der Waals surface area (Å²) in [6, 6.07) is 12.1. The predicted octanol–water partition coefficient (Wildman–Crippen LogP) is 3.32. The fourth-order valence-corrected chi connectivity index (χ4v) is 2.44. The Kier molecular flexibility index (Phi) is 4.32. The first-order valence-electron chi connectivity index (χ1n) is 7.20. The van der Waals surface area contributed by atoms with E-state index in [2.05, 4.69) is 28.5 Å². The number of aliphatic hydroxyl groups excluding tert-OH is 1. The van der Waals surface area contributed by atoms with Crippen LogP contribution >= 0.6 is 11.6 Å². The number of pyridine rings is 1. The van der Waals surface area contributed by atoms with Crippen LogP contribution in [0.2, 0.25) is 0 Å². The number of aromatic nitrogens is 2. The molecule has 0 saturated heterocycles. The molecule has 0 aliphatic rings. The molecule has 0 aliphatic heterocycles. The third-order valence-corrected chi connectivity index (χ3v) is 3.96. The maximum absolute atomic E-state index is 9.58. The fraction of sp³-hybridized carbons (Fsp3) is 0.235. The highest BCUT2D eigenvalue weighted by atomic mass is 35.5. The van der Waals surface area contributed by atoms with E-state index in [1.807, 2.05) is 41.9 Å². The maximum Gasteiger partial charge on any atom is 0.137 e. The van der Waals surface area contributed by atoms with Gasteiger partial charge in [0.1, 0.15) is 5.65 Å². The Hall–Kier alpha value is -2.04. The molecule has 2 N–H and O–H groups in total. The van der Waals surface area contributed by atoms with Gasteiger partial charge in [-0.25, -0.2) is 4.98 Å². The molecule has 1 unspecified atom stereocenters. The normalized spacial score (nSPS) is 12.5. The number of anilines is 1. The van der Waals surface area contributed by atoms with Crippen LogP contribution in [-0.2, 0) is 0 Å². The van der Waals surface area contributed by atoms with E-state index in [9.17, 15) is 5.11 Å². The van der Waals surface area contributed by atoms with Crippen LogP contribution in [0.15, 0.2) is 48.8 Å². The summed E-state index contributed by atoms with van der Waals surface area (Å²) in [5.74, 6) is 0.220. The lowest BCUT2D eigenvalue weighted by atomic mass is 10.1. The van der Waals surface area contributed by atoms with Crippen LogP contribution in [0.25, 0.3) is 16.9 Å². The van der Waals surface area contributed by atoms with E-state index < -0.39 is 6.10 Å². The molecule has 1 atom stereocenters. The number of nitrogens with zero attached hydrogens (tertiary/aromatic N) is 2. The van der Waals surface area contributed by atoms with Gasteiger partial charge in [0.2, 0.25) is 0 Å². The lowest BCUT2D eigenvalue weighted by molar-refractivity contribution is 0.211. The molecule has 0 radical (unpaired) electrons. The van der Waals surface area contributed by atoms with Crippen molar-refractivity contribution >= 4 is 22.9 Å². The maximum atomic E-state index is 9.58. The average molecular weight is 316 g/mol. The van der Waals surface area contributed by atoms with Crippen LogP contribution < -0.4 is 5.32 Å². The molecule has 5 heteroatoms. The summed E-state index contributed by atoms with van der Waals surface area (Å²) in [7, 11) is 0. The molecule has 0 spiro atoms. The number of aliphatic hydroxyl groups is 1. The Balaban J connectivity index is 1.90. The molecule has 2 aromatic heterocycles. The van der Waals surface area contributed by atoms with E-state index >= 15 is 0 Å². The molecule has 1 aromatic carbocycles. The predicted molar refractivity (Wildman–Crippen MR) is 90.6 cm³/mol. The highest BCUT2D eigenvalue weighted by Crippen LogP contribution is 2.25. The second kappa shape index (κ2) is 6.38. The molecule has 4 nitrogen and oxygen atoms in total. The Morgan fingerprint density at radius 3 is 2.95 bits per heavy atom. The quantitative estimate of drug-likeness (QED) is 0.710. The first kappa shape index (κ1) is 14.9. The minimum absolute atomic E-state index is 0.220. The van der Waals surface area contributed by atoms with Gasteiger partial charge in [-0.1, -0.05) is 18.2 Å². The van der Waals surface area contributed by atoms with Crippen molar-refractivity contribution in [1.82, 2.24) is 9.38 Å². The van der Waals surface area contributed by atoms with Gasteiger partial charge in [-0.2, -0.15) is 0 Å². The van der Waals surface area contributed by atoms with Crippen molar-refractivity contribution in [3.8, 4) is 11.3 Å². The lowest BCUT2D eigenvalue weighted by Crippen LogP contribution is -2.21. The van der Waals surface area contributed by atoms with E-state index in [0.29, 0.717) is 6.54 Å². The zero-order valence-corrected chi connectivity index (χ0v) is 13.1. The third-order valence-electron chi connectivity index (χ3n) is 3.60. The van der Waals surface area contributed by atoms with E-state index in [4.69, 9.17) is 11.6 Å². The summed E-state index contributed by atoms with van der Waals surface area (Å²) in [4.78, 5) is 4.63.